The zero-order valence-electron chi connectivity index (χ0n) is 16.7. The highest BCUT2D eigenvalue weighted by atomic mass is 32.2. The smallest absolute Gasteiger partial charge is 0.264 e. The van der Waals surface area contributed by atoms with Gasteiger partial charge >= 0.3 is 0 Å². The van der Waals surface area contributed by atoms with E-state index in [9.17, 15) is 13.5 Å². The van der Waals surface area contributed by atoms with Crippen LogP contribution in [0, 0.1) is 12.8 Å². The van der Waals surface area contributed by atoms with Gasteiger partial charge in [-0.15, -0.1) is 0 Å². The van der Waals surface area contributed by atoms with Crippen LogP contribution in [0.3, 0.4) is 0 Å². The summed E-state index contributed by atoms with van der Waals surface area (Å²) in [5.74, 6) is 0.719. The molecule has 1 unspecified atom stereocenters. The number of piperidine rings is 1. The molecule has 1 heterocycles. The lowest BCUT2D eigenvalue weighted by molar-refractivity contribution is 0.0971. The van der Waals surface area contributed by atoms with Crippen LogP contribution in [0.15, 0.2) is 59.5 Å². The van der Waals surface area contributed by atoms with Crippen LogP contribution in [0.2, 0.25) is 0 Å². The lowest BCUT2D eigenvalue weighted by atomic mass is 9.99. The summed E-state index contributed by atoms with van der Waals surface area (Å²) < 4.78 is 28.0. The van der Waals surface area contributed by atoms with Crippen molar-refractivity contribution in [2.24, 2.45) is 5.92 Å². The average Bonchev–Trinajstić information content (AvgIpc) is 2.69. The van der Waals surface area contributed by atoms with Crippen molar-refractivity contribution in [2.75, 3.05) is 30.5 Å². The van der Waals surface area contributed by atoms with Gasteiger partial charge in [0.2, 0.25) is 0 Å². The van der Waals surface area contributed by atoms with Crippen molar-refractivity contribution in [3.05, 3.63) is 60.2 Å². The Morgan fingerprint density at radius 3 is 2.29 bits per heavy atom. The van der Waals surface area contributed by atoms with Gasteiger partial charge in [0.15, 0.2) is 0 Å². The van der Waals surface area contributed by atoms with Crippen LogP contribution < -0.4 is 4.31 Å². The molecule has 0 spiro atoms. The van der Waals surface area contributed by atoms with Gasteiger partial charge in [0, 0.05) is 6.54 Å². The first-order chi connectivity index (χ1) is 13.4. The fraction of sp³-hybridized carbons (Fsp3) is 0.455. The van der Waals surface area contributed by atoms with E-state index in [0.717, 1.165) is 37.4 Å². The van der Waals surface area contributed by atoms with Gasteiger partial charge in [-0.25, -0.2) is 8.42 Å². The van der Waals surface area contributed by atoms with Crippen LogP contribution in [0.4, 0.5) is 5.69 Å². The summed E-state index contributed by atoms with van der Waals surface area (Å²) in [6.07, 6.45) is 1.49. The molecule has 0 saturated carbocycles. The summed E-state index contributed by atoms with van der Waals surface area (Å²) in [5, 5.41) is 10.7. The number of likely N-dealkylation sites (tertiary alicyclic amines) is 1. The predicted molar refractivity (Wildman–Crippen MR) is 113 cm³/mol. The molecule has 0 aromatic heterocycles. The first kappa shape index (κ1) is 20.8. The van der Waals surface area contributed by atoms with Crippen LogP contribution in [-0.2, 0) is 10.0 Å². The van der Waals surface area contributed by atoms with Gasteiger partial charge in [-0.2, -0.15) is 0 Å². The number of sulfonamides is 1. The molecule has 1 N–H and O–H groups in total. The number of para-hydroxylation sites is 1. The molecule has 0 radical (unpaired) electrons. The molecule has 152 valence electrons. The topological polar surface area (TPSA) is 60.9 Å². The molecule has 1 fully saturated rings. The number of β-amino-alcohol motifs (C(OH)–C–C–N with tert-alkyl or cyclic N) is 1. The fourth-order valence-corrected chi connectivity index (χ4v) is 5.07. The van der Waals surface area contributed by atoms with Crippen molar-refractivity contribution in [1.82, 2.24) is 4.90 Å². The molecular formula is C22H30N2O3S. The largest absolute Gasteiger partial charge is 0.390 e. The minimum Gasteiger partial charge on any atom is -0.390 e. The Labute approximate surface area is 168 Å². The molecule has 28 heavy (non-hydrogen) atoms. The third-order valence-corrected chi connectivity index (χ3v) is 7.18. The van der Waals surface area contributed by atoms with E-state index < -0.39 is 16.1 Å². The quantitative estimate of drug-likeness (QED) is 0.772. The number of rotatable bonds is 7. The molecule has 0 bridgehead atoms. The Kier molecular flexibility index (Phi) is 6.75. The highest BCUT2D eigenvalue weighted by Crippen LogP contribution is 2.24. The van der Waals surface area contributed by atoms with Gasteiger partial charge in [-0.05, 0) is 63.0 Å². The van der Waals surface area contributed by atoms with Crippen molar-refractivity contribution in [3.8, 4) is 0 Å². The summed E-state index contributed by atoms with van der Waals surface area (Å²) in [4.78, 5) is 2.47. The van der Waals surface area contributed by atoms with Gasteiger partial charge < -0.3 is 10.0 Å². The molecule has 1 atom stereocenters. The first-order valence-electron chi connectivity index (χ1n) is 9.91. The monoisotopic (exact) mass is 402 g/mol. The van der Waals surface area contributed by atoms with Crippen molar-refractivity contribution in [3.63, 3.8) is 0 Å². The normalized spacial score (nSPS) is 17.4. The number of aliphatic hydroxyl groups is 1. The number of nitrogens with zero attached hydrogens (tertiary/aromatic N) is 2. The second kappa shape index (κ2) is 9.07. The van der Waals surface area contributed by atoms with E-state index in [1.165, 1.54) is 4.31 Å². The van der Waals surface area contributed by atoms with Crippen molar-refractivity contribution in [2.45, 2.75) is 37.7 Å². The maximum absolute atomic E-state index is 13.3. The SMILES string of the molecule is Cc1ccc(S(=O)(=O)N(CC(O)CN2CCC(C)CC2)c2ccccc2)cc1. The molecule has 2 aromatic rings. The van der Waals surface area contributed by atoms with Gasteiger partial charge in [0.25, 0.3) is 10.0 Å². The second-order valence-corrected chi connectivity index (χ2v) is 9.68. The highest BCUT2D eigenvalue weighted by Gasteiger charge is 2.28. The van der Waals surface area contributed by atoms with Crippen molar-refractivity contribution < 1.29 is 13.5 Å². The third-order valence-electron chi connectivity index (χ3n) is 5.37. The van der Waals surface area contributed by atoms with E-state index in [1.807, 2.05) is 25.1 Å². The average molecular weight is 403 g/mol. The fourth-order valence-electron chi connectivity index (χ4n) is 3.57. The zero-order chi connectivity index (χ0) is 20.1. The van der Waals surface area contributed by atoms with E-state index in [0.29, 0.717) is 12.2 Å². The minimum atomic E-state index is -3.76. The van der Waals surface area contributed by atoms with Gasteiger partial charge in [0.05, 0.1) is 23.2 Å². The summed E-state index contributed by atoms with van der Waals surface area (Å²) in [7, 11) is -3.76. The number of anilines is 1. The molecule has 3 rings (SSSR count). The highest BCUT2D eigenvalue weighted by molar-refractivity contribution is 7.92. The standard InChI is InChI=1S/C22H30N2O3S/c1-18-8-10-22(11-9-18)28(26,27)24(20-6-4-3-5-7-20)17-21(25)16-23-14-12-19(2)13-15-23/h3-11,19,21,25H,12-17H2,1-2H3. The minimum absolute atomic E-state index is 0.0340. The maximum atomic E-state index is 13.3. The number of hydrogen-bond acceptors (Lipinski definition) is 4. The van der Waals surface area contributed by atoms with Gasteiger partial charge in [-0.3, -0.25) is 4.31 Å². The van der Waals surface area contributed by atoms with Crippen molar-refractivity contribution in [1.29, 1.82) is 0 Å². The Morgan fingerprint density at radius 2 is 1.68 bits per heavy atom. The van der Waals surface area contributed by atoms with Gasteiger partial charge in [-0.1, -0.05) is 42.8 Å². The molecule has 1 aliphatic heterocycles. The van der Waals surface area contributed by atoms with E-state index >= 15 is 0 Å². The maximum Gasteiger partial charge on any atom is 0.264 e. The molecule has 0 aliphatic carbocycles. The Hall–Kier alpha value is -1.89. The second-order valence-electron chi connectivity index (χ2n) is 7.82. The Bertz CT molecular complexity index is 845. The van der Waals surface area contributed by atoms with Crippen LogP contribution >= 0.6 is 0 Å². The molecule has 0 amide bonds. The summed E-state index contributed by atoms with van der Waals surface area (Å²) in [6.45, 7) is 6.60. The lowest BCUT2D eigenvalue weighted by Gasteiger charge is -2.33. The molecule has 1 aliphatic rings. The predicted octanol–water partition coefficient (Wildman–Crippen LogP) is 3.28. The first-order valence-corrected chi connectivity index (χ1v) is 11.3. The summed E-state index contributed by atoms with van der Waals surface area (Å²) >= 11 is 0. The molecule has 1 saturated heterocycles. The number of aryl methyl sites for hydroxylation is 1. The van der Waals surface area contributed by atoms with Crippen LogP contribution in [0.5, 0.6) is 0 Å². The molecule has 5 nitrogen and oxygen atoms in total. The van der Waals surface area contributed by atoms with E-state index in [-0.39, 0.29) is 11.4 Å². The zero-order valence-corrected chi connectivity index (χ0v) is 17.5. The number of hydrogen-bond donors (Lipinski definition) is 1. The third kappa shape index (κ3) is 5.13. The van der Waals surface area contributed by atoms with Crippen LogP contribution in [-0.4, -0.2) is 50.7 Å². The van der Waals surface area contributed by atoms with E-state index in [4.69, 9.17) is 0 Å². The van der Waals surface area contributed by atoms with Crippen LogP contribution in [0.25, 0.3) is 0 Å². The molecular weight excluding hydrogens is 372 g/mol. The van der Waals surface area contributed by atoms with Crippen molar-refractivity contribution >= 4 is 15.7 Å². The van der Waals surface area contributed by atoms with E-state index in [2.05, 4.69) is 11.8 Å². The van der Waals surface area contributed by atoms with Gasteiger partial charge in [0.1, 0.15) is 0 Å². The Morgan fingerprint density at radius 1 is 1.07 bits per heavy atom. The Balaban J connectivity index is 1.80. The lowest BCUT2D eigenvalue weighted by Crippen LogP contribution is -2.44. The number of aliphatic hydroxyl groups excluding tert-OH is 1. The molecule has 6 heteroatoms. The van der Waals surface area contributed by atoms with Crippen LogP contribution in [0.1, 0.15) is 25.3 Å². The summed E-state index contributed by atoms with van der Waals surface area (Å²) in [6, 6.07) is 15.8. The summed E-state index contributed by atoms with van der Waals surface area (Å²) in [5.41, 5.74) is 1.57. The number of benzene rings is 2. The molecule has 2 aromatic carbocycles. The van der Waals surface area contributed by atoms with E-state index in [1.54, 1.807) is 36.4 Å².